The zero-order valence-electron chi connectivity index (χ0n) is 11.5. The number of nitrogens with zero attached hydrogens (tertiary/aromatic N) is 2. The van der Waals surface area contributed by atoms with E-state index in [1.54, 1.807) is 4.90 Å². The van der Waals surface area contributed by atoms with Crippen molar-refractivity contribution in [3.8, 4) is 6.07 Å². The van der Waals surface area contributed by atoms with Gasteiger partial charge in [0.25, 0.3) is 0 Å². The Balaban J connectivity index is 1.93. The maximum Gasteiger partial charge on any atom is 0.240 e. The quantitative estimate of drug-likeness (QED) is 0.812. The summed E-state index contributed by atoms with van der Waals surface area (Å²) in [4.78, 5) is 14.0. The van der Waals surface area contributed by atoms with E-state index in [-0.39, 0.29) is 5.91 Å². The summed E-state index contributed by atoms with van der Waals surface area (Å²) in [6.45, 7) is 2.99. The van der Waals surface area contributed by atoms with E-state index in [9.17, 15) is 10.1 Å². The van der Waals surface area contributed by atoms with Crippen molar-refractivity contribution in [2.75, 3.05) is 13.6 Å². The van der Waals surface area contributed by atoms with Crippen LogP contribution in [-0.4, -0.2) is 24.4 Å². The molecule has 3 heteroatoms. The fraction of sp³-hybridized carbons (Fsp3) is 0.500. The summed E-state index contributed by atoms with van der Waals surface area (Å²) >= 11 is 0. The molecule has 0 aromatic heterocycles. The van der Waals surface area contributed by atoms with Gasteiger partial charge in [-0.25, -0.2) is 0 Å². The van der Waals surface area contributed by atoms with Gasteiger partial charge in [-0.1, -0.05) is 37.3 Å². The van der Waals surface area contributed by atoms with Gasteiger partial charge in [0.05, 0.1) is 6.07 Å². The van der Waals surface area contributed by atoms with Crippen molar-refractivity contribution in [3.05, 3.63) is 35.9 Å². The highest BCUT2D eigenvalue weighted by Gasteiger charge is 2.35. The lowest BCUT2D eigenvalue weighted by Gasteiger charge is -2.20. The minimum Gasteiger partial charge on any atom is -0.344 e. The maximum absolute atomic E-state index is 12.3. The maximum atomic E-state index is 12.3. The summed E-state index contributed by atoms with van der Waals surface area (Å²) in [5.74, 6) is 0.738. The molecule has 19 heavy (non-hydrogen) atoms. The average Bonchev–Trinajstić information content (AvgIpc) is 3.11. The number of carbonyl (C=O) groups excluding carboxylic acids is 1. The minimum absolute atomic E-state index is 0.0505. The highest BCUT2D eigenvalue weighted by atomic mass is 16.2. The van der Waals surface area contributed by atoms with Crippen LogP contribution in [0.15, 0.2) is 30.3 Å². The van der Waals surface area contributed by atoms with Crippen LogP contribution in [0.2, 0.25) is 0 Å². The second kappa shape index (κ2) is 5.88. The van der Waals surface area contributed by atoms with Gasteiger partial charge in [-0.2, -0.15) is 5.26 Å². The molecule has 1 fully saturated rings. The van der Waals surface area contributed by atoms with E-state index < -0.39 is 5.92 Å². The second-order valence-electron chi connectivity index (χ2n) is 5.56. The number of hydrogen-bond donors (Lipinski definition) is 0. The van der Waals surface area contributed by atoms with Gasteiger partial charge in [0.1, 0.15) is 5.92 Å². The summed E-state index contributed by atoms with van der Waals surface area (Å²) in [6, 6.07) is 11.9. The summed E-state index contributed by atoms with van der Waals surface area (Å²) in [5, 5.41) is 9.21. The molecule has 0 radical (unpaired) electrons. The number of benzene rings is 1. The SMILES string of the molecule is CC1CC1CN(C)C(=O)C(C#N)Cc1ccccc1. The summed E-state index contributed by atoms with van der Waals surface area (Å²) in [6.07, 6.45) is 1.70. The third-order valence-electron chi connectivity index (χ3n) is 3.90. The molecule has 0 aliphatic heterocycles. The summed E-state index contributed by atoms with van der Waals surface area (Å²) in [7, 11) is 1.81. The van der Waals surface area contributed by atoms with E-state index in [0.29, 0.717) is 12.3 Å². The predicted octanol–water partition coefficient (Wildman–Crippen LogP) is 2.48. The first-order valence-corrected chi connectivity index (χ1v) is 6.80. The van der Waals surface area contributed by atoms with E-state index in [1.807, 2.05) is 37.4 Å². The minimum atomic E-state index is -0.568. The first-order chi connectivity index (χ1) is 9.11. The molecule has 1 aromatic carbocycles. The van der Waals surface area contributed by atoms with Gasteiger partial charge in [0.2, 0.25) is 5.91 Å². The fourth-order valence-electron chi connectivity index (χ4n) is 2.40. The molecule has 0 spiro atoms. The van der Waals surface area contributed by atoms with Crippen LogP contribution in [0.3, 0.4) is 0 Å². The topological polar surface area (TPSA) is 44.1 Å². The molecule has 3 unspecified atom stereocenters. The van der Waals surface area contributed by atoms with Crippen LogP contribution in [-0.2, 0) is 11.2 Å². The summed E-state index contributed by atoms with van der Waals surface area (Å²) in [5.41, 5.74) is 1.04. The molecule has 1 amide bonds. The number of rotatable bonds is 5. The lowest BCUT2D eigenvalue weighted by Crippen LogP contribution is -2.35. The Morgan fingerprint density at radius 1 is 1.47 bits per heavy atom. The smallest absolute Gasteiger partial charge is 0.240 e. The molecule has 0 N–H and O–H groups in total. The molecule has 3 nitrogen and oxygen atoms in total. The first kappa shape index (κ1) is 13.6. The molecule has 3 atom stereocenters. The van der Waals surface area contributed by atoms with E-state index in [4.69, 9.17) is 0 Å². The molecule has 1 aliphatic rings. The monoisotopic (exact) mass is 256 g/mol. The highest BCUT2D eigenvalue weighted by molar-refractivity contribution is 5.81. The number of hydrogen-bond acceptors (Lipinski definition) is 2. The highest BCUT2D eigenvalue weighted by Crippen LogP contribution is 2.38. The van der Waals surface area contributed by atoms with Crippen molar-refractivity contribution < 1.29 is 4.79 Å². The van der Waals surface area contributed by atoms with Gasteiger partial charge in [-0.05, 0) is 30.2 Å². The third kappa shape index (κ3) is 3.57. The zero-order chi connectivity index (χ0) is 13.8. The normalized spacial score (nSPS) is 22.4. The van der Waals surface area contributed by atoms with Gasteiger partial charge >= 0.3 is 0 Å². The number of carbonyl (C=O) groups is 1. The van der Waals surface area contributed by atoms with E-state index >= 15 is 0 Å². The Kier molecular flexibility index (Phi) is 4.21. The van der Waals surface area contributed by atoms with Crippen molar-refractivity contribution in [2.45, 2.75) is 19.8 Å². The lowest BCUT2D eigenvalue weighted by molar-refractivity contribution is -0.132. The molecule has 0 saturated heterocycles. The Hall–Kier alpha value is -1.82. The van der Waals surface area contributed by atoms with Crippen LogP contribution in [0.1, 0.15) is 18.9 Å². The Morgan fingerprint density at radius 2 is 2.11 bits per heavy atom. The van der Waals surface area contributed by atoms with Crippen molar-refractivity contribution in [3.63, 3.8) is 0 Å². The average molecular weight is 256 g/mol. The van der Waals surface area contributed by atoms with E-state index in [2.05, 4.69) is 13.0 Å². The van der Waals surface area contributed by atoms with Gasteiger partial charge in [-0.15, -0.1) is 0 Å². The van der Waals surface area contributed by atoms with Crippen molar-refractivity contribution >= 4 is 5.91 Å². The predicted molar refractivity (Wildman–Crippen MR) is 74.2 cm³/mol. The molecular formula is C16H20N2O. The largest absolute Gasteiger partial charge is 0.344 e. The number of amides is 1. The van der Waals surface area contributed by atoms with Crippen molar-refractivity contribution in [1.29, 1.82) is 5.26 Å². The lowest BCUT2D eigenvalue weighted by atomic mass is 9.99. The van der Waals surface area contributed by atoms with Crippen LogP contribution < -0.4 is 0 Å². The number of nitriles is 1. The van der Waals surface area contributed by atoms with Gasteiger partial charge in [0, 0.05) is 13.6 Å². The Bertz CT molecular complexity index is 477. The Morgan fingerprint density at radius 3 is 2.63 bits per heavy atom. The van der Waals surface area contributed by atoms with E-state index in [0.717, 1.165) is 18.0 Å². The van der Waals surface area contributed by atoms with Crippen LogP contribution in [0.25, 0.3) is 0 Å². The second-order valence-corrected chi connectivity index (χ2v) is 5.56. The molecule has 0 bridgehead atoms. The molecule has 2 rings (SSSR count). The Labute approximate surface area is 114 Å². The molecule has 1 aromatic rings. The van der Waals surface area contributed by atoms with Gasteiger partial charge in [-0.3, -0.25) is 4.79 Å². The van der Waals surface area contributed by atoms with Gasteiger partial charge < -0.3 is 4.90 Å². The van der Waals surface area contributed by atoms with Crippen LogP contribution in [0.5, 0.6) is 0 Å². The third-order valence-corrected chi connectivity index (χ3v) is 3.90. The molecule has 1 aliphatic carbocycles. The molecule has 0 heterocycles. The fourth-order valence-corrected chi connectivity index (χ4v) is 2.40. The molecular weight excluding hydrogens is 236 g/mol. The zero-order valence-corrected chi connectivity index (χ0v) is 11.5. The van der Waals surface area contributed by atoms with E-state index in [1.165, 1.54) is 6.42 Å². The molecule has 100 valence electrons. The van der Waals surface area contributed by atoms with Crippen LogP contribution >= 0.6 is 0 Å². The van der Waals surface area contributed by atoms with Crippen LogP contribution in [0, 0.1) is 29.1 Å². The van der Waals surface area contributed by atoms with Gasteiger partial charge in [0.15, 0.2) is 0 Å². The van der Waals surface area contributed by atoms with Crippen LogP contribution in [0.4, 0.5) is 0 Å². The van der Waals surface area contributed by atoms with Crippen molar-refractivity contribution in [1.82, 2.24) is 4.90 Å². The van der Waals surface area contributed by atoms with Crippen molar-refractivity contribution in [2.24, 2.45) is 17.8 Å². The first-order valence-electron chi connectivity index (χ1n) is 6.80. The molecule has 1 saturated carbocycles. The standard InChI is InChI=1S/C16H20N2O/c1-12-8-15(12)11-18(2)16(19)14(10-17)9-13-6-4-3-5-7-13/h3-7,12,14-15H,8-9,11H2,1-2H3. The summed E-state index contributed by atoms with van der Waals surface area (Å²) < 4.78 is 0.